The number of carboxylic acid groups (broad SMARTS) is 2. The van der Waals surface area contributed by atoms with Crippen molar-refractivity contribution in [1.82, 2.24) is 5.32 Å². The highest BCUT2D eigenvalue weighted by molar-refractivity contribution is 5.96. The summed E-state index contributed by atoms with van der Waals surface area (Å²) < 4.78 is 0. The van der Waals surface area contributed by atoms with Crippen LogP contribution in [0.2, 0.25) is 0 Å². The Morgan fingerprint density at radius 2 is 1.93 bits per heavy atom. The second-order valence-electron chi connectivity index (χ2n) is 2.67. The molecule has 0 aromatic heterocycles. The van der Waals surface area contributed by atoms with E-state index in [1.165, 1.54) is 6.92 Å². The second kappa shape index (κ2) is 6.43. The van der Waals surface area contributed by atoms with Gasteiger partial charge >= 0.3 is 11.9 Å². The molecule has 0 bridgehead atoms. The van der Waals surface area contributed by atoms with Gasteiger partial charge in [-0.3, -0.25) is 9.59 Å². The van der Waals surface area contributed by atoms with Gasteiger partial charge in [0.05, 0.1) is 0 Å². The van der Waals surface area contributed by atoms with E-state index in [-0.39, 0.29) is 12.8 Å². The minimum Gasteiger partial charge on any atom is -0.481 e. The van der Waals surface area contributed by atoms with Crippen molar-refractivity contribution >= 4 is 17.8 Å². The molecule has 0 spiro atoms. The maximum Gasteiger partial charge on any atom is 0.326 e. The predicted molar refractivity (Wildman–Crippen MR) is 49.9 cm³/mol. The molecular formula is C9H11NO5. The van der Waals surface area contributed by atoms with Crippen molar-refractivity contribution in [3.63, 3.8) is 0 Å². The minimum atomic E-state index is -1.28. The Hall–Kier alpha value is -2.03. The van der Waals surface area contributed by atoms with Crippen molar-refractivity contribution in [2.24, 2.45) is 0 Å². The van der Waals surface area contributed by atoms with Crippen molar-refractivity contribution in [3.8, 4) is 11.8 Å². The molecule has 15 heavy (non-hydrogen) atoms. The smallest absolute Gasteiger partial charge is 0.326 e. The maximum absolute atomic E-state index is 10.9. The summed E-state index contributed by atoms with van der Waals surface area (Å²) >= 11 is 0. The van der Waals surface area contributed by atoms with Gasteiger partial charge in [-0.1, -0.05) is 5.92 Å². The minimum absolute atomic E-state index is 0.165. The third-order valence-corrected chi connectivity index (χ3v) is 1.49. The van der Waals surface area contributed by atoms with Gasteiger partial charge < -0.3 is 15.5 Å². The number of aliphatic carboxylic acids is 2. The summed E-state index contributed by atoms with van der Waals surface area (Å²) in [6, 6.07) is -1.21. The van der Waals surface area contributed by atoms with E-state index in [1.54, 1.807) is 0 Å². The van der Waals surface area contributed by atoms with Crippen LogP contribution in [0, 0.1) is 11.8 Å². The van der Waals surface area contributed by atoms with Gasteiger partial charge in [0.25, 0.3) is 5.91 Å². The fraction of sp³-hybridized carbons (Fsp3) is 0.444. The van der Waals surface area contributed by atoms with Gasteiger partial charge in [-0.05, 0) is 19.3 Å². The average molecular weight is 213 g/mol. The molecule has 0 fully saturated rings. The van der Waals surface area contributed by atoms with Gasteiger partial charge in [-0.2, -0.15) is 0 Å². The van der Waals surface area contributed by atoms with Crippen molar-refractivity contribution < 1.29 is 24.6 Å². The molecular weight excluding hydrogens is 202 g/mol. The predicted octanol–water partition coefficient (Wildman–Crippen LogP) is -0.556. The van der Waals surface area contributed by atoms with Gasteiger partial charge in [0, 0.05) is 6.42 Å². The van der Waals surface area contributed by atoms with Crippen LogP contribution in [0.3, 0.4) is 0 Å². The highest BCUT2D eigenvalue weighted by Gasteiger charge is 2.19. The zero-order valence-electron chi connectivity index (χ0n) is 8.11. The summed E-state index contributed by atoms with van der Waals surface area (Å²) in [5.41, 5.74) is 0. The molecule has 0 aliphatic heterocycles. The number of hydrogen-bond donors (Lipinski definition) is 3. The lowest BCUT2D eigenvalue weighted by molar-refractivity contribution is -0.142. The molecule has 82 valence electrons. The van der Waals surface area contributed by atoms with Gasteiger partial charge in [0.15, 0.2) is 0 Å². The number of rotatable bonds is 5. The fourth-order valence-corrected chi connectivity index (χ4v) is 0.833. The quantitative estimate of drug-likeness (QED) is 0.531. The molecule has 1 unspecified atom stereocenters. The van der Waals surface area contributed by atoms with Crippen LogP contribution in [0.25, 0.3) is 0 Å². The van der Waals surface area contributed by atoms with Crippen molar-refractivity contribution in [1.29, 1.82) is 0 Å². The molecule has 6 heteroatoms. The number of carboxylic acids is 2. The topological polar surface area (TPSA) is 104 Å². The first-order valence-corrected chi connectivity index (χ1v) is 4.15. The molecule has 0 saturated heterocycles. The zero-order valence-corrected chi connectivity index (χ0v) is 8.11. The fourth-order valence-electron chi connectivity index (χ4n) is 0.833. The monoisotopic (exact) mass is 213 g/mol. The second-order valence-corrected chi connectivity index (χ2v) is 2.67. The Bertz CT molecular complexity index is 325. The molecule has 0 radical (unpaired) electrons. The number of hydrogen-bond acceptors (Lipinski definition) is 3. The summed E-state index contributed by atoms with van der Waals surface area (Å²) in [6.45, 7) is 1.44. The van der Waals surface area contributed by atoms with Crippen molar-refractivity contribution in [3.05, 3.63) is 0 Å². The lowest BCUT2D eigenvalue weighted by atomic mass is 10.1. The van der Waals surface area contributed by atoms with Gasteiger partial charge in [0.2, 0.25) is 0 Å². The molecule has 0 saturated carbocycles. The molecule has 0 rings (SSSR count). The van der Waals surface area contributed by atoms with Crippen LogP contribution in [0.4, 0.5) is 0 Å². The standard InChI is InChI=1S/C9H11NO5/c1-2-3-7(11)10-6(9(14)15)4-5-8(12)13/h6H,4-5H2,1H3,(H,10,11)(H,12,13)(H,14,15). The van der Waals surface area contributed by atoms with E-state index in [0.29, 0.717) is 0 Å². The first-order chi connectivity index (χ1) is 6.97. The Kier molecular flexibility index (Phi) is 5.56. The highest BCUT2D eigenvalue weighted by atomic mass is 16.4. The van der Waals surface area contributed by atoms with E-state index >= 15 is 0 Å². The number of carbonyl (C=O) groups excluding carboxylic acids is 1. The summed E-state index contributed by atoms with van der Waals surface area (Å²) in [7, 11) is 0. The normalized spacial score (nSPS) is 10.7. The van der Waals surface area contributed by atoms with Crippen LogP contribution < -0.4 is 5.32 Å². The molecule has 0 aromatic rings. The van der Waals surface area contributed by atoms with Gasteiger partial charge in [-0.15, -0.1) is 0 Å². The Morgan fingerprint density at radius 3 is 2.33 bits per heavy atom. The van der Waals surface area contributed by atoms with Crippen LogP contribution in [-0.4, -0.2) is 34.1 Å². The van der Waals surface area contributed by atoms with Crippen molar-refractivity contribution in [2.75, 3.05) is 0 Å². The van der Waals surface area contributed by atoms with E-state index < -0.39 is 23.9 Å². The molecule has 0 aliphatic carbocycles. The molecule has 3 N–H and O–H groups in total. The average Bonchev–Trinajstić information content (AvgIpc) is 2.11. The summed E-state index contributed by atoms with van der Waals surface area (Å²) in [6.07, 6.45) is -0.487. The Labute approximate surface area is 86.3 Å². The molecule has 1 amide bonds. The molecule has 0 heterocycles. The Morgan fingerprint density at radius 1 is 1.33 bits per heavy atom. The van der Waals surface area contributed by atoms with Gasteiger partial charge in [-0.25, -0.2) is 4.79 Å². The summed E-state index contributed by atoms with van der Waals surface area (Å²) in [5.74, 6) is 1.30. The highest BCUT2D eigenvalue weighted by Crippen LogP contribution is 1.97. The summed E-state index contributed by atoms with van der Waals surface area (Å²) in [4.78, 5) is 31.7. The molecule has 0 aliphatic rings. The van der Waals surface area contributed by atoms with E-state index in [1.807, 2.05) is 0 Å². The molecule has 1 atom stereocenters. The van der Waals surface area contributed by atoms with Crippen LogP contribution in [0.5, 0.6) is 0 Å². The third kappa shape index (κ3) is 6.10. The first-order valence-electron chi connectivity index (χ1n) is 4.15. The molecule has 6 nitrogen and oxygen atoms in total. The van der Waals surface area contributed by atoms with Crippen LogP contribution in [0.15, 0.2) is 0 Å². The first kappa shape index (κ1) is 13.0. The SMILES string of the molecule is CC#CC(=O)NC(CCC(=O)O)C(=O)O. The van der Waals surface area contributed by atoms with E-state index in [0.717, 1.165) is 0 Å². The third-order valence-electron chi connectivity index (χ3n) is 1.49. The lowest BCUT2D eigenvalue weighted by Gasteiger charge is -2.10. The largest absolute Gasteiger partial charge is 0.481 e. The van der Waals surface area contributed by atoms with Gasteiger partial charge in [0.1, 0.15) is 6.04 Å². The van der Waals surface area contributed by atoms with Crippen LogP contribution >= 0.6 is 0 Å². The number of amides is 1. The van der Waals surface area contributed by atoms with Crippen LogP contribution in [-0.2, 0) is 14.4 Å². The number of carbonyl (C=O) groups is 3. The van der Waals surface area contributed by atoms with E-state index in [2.05, 4.69) is 17.2 Å². The molecule has 0 aromatic carbocycles. The maximum atomic E-state index is 10.9. The summed E-state index contributed by atoms with van der Waals surface area (Å²) in [5, 5.41) is 19.1. The van der Waals surface area contributed by atoms with Crippen LogP contribution in [0.1, 0.15) is 19.8 Å². The lowest BCUT2D eigenvalue weighted by Crippen LogP contribution is -2.40. The van der Waals surface area contributed by atoms with E-state index in [9.17, 15) is 14.4 Å². The number of nitrogens with one attached hydrogen (secondary N) is 1. The Balaban J connectivity index is 4.26. The zero-order chi connectivity index (χ0) is 11.8. The van der Waals surface area contributed by atoms with Crippen molar-refractivity contribution in [2.45, 2.75) is 25.8 Å². The van der Waals surface area contributed by atoms with E-state index in [4.69, 9.17) is 10.2 Å².